The van der Waals surface area contributed by atoms with E-state index in [4.69, 9.17) is 0 Å². The molecule has 1 fully saturated rings. The first-order valence-electron chi connectivity index (χ1n) is 7.26. The fourth-order valence-corrected chi connectivity index (χ4v) is 3.06. The molecule has 108 valence electrons. The number of carbonyl (C=O) groups is 1. The molecule has 1 N–H and O–H groups in total. The van der Waals surface area contributed by atoms with Crippen molar-refractivity contribution in [1.29, 1.82) is 0 Å². The summed E-state index contributed by atoms with van der Waals surface area (Å²) in [7, 11) is 0. The minimum absolute atomic E-state index is 0.0902. The van der Waals surface area contributed by atoms with Crippen LogP contribution in [-0.2, 0) is 4.79 Å². The van der Waals surface area contributed by atoms with Crippen LogP contribution >= 0.6 is 0 Å². The minimum Gasteiger partial charge on any atom is -0.427 e. The molecule has 1 aliphatic rings. The first-order chi connectivity index (χ1) is 10.3. The normalized spacial score (nSPS) is 22.4. The van der Waals surface area contributed by atoms with Gasteiger partial charge in [-0.15, -0.1) is 0 Å². The summed E-state index contributed by atoms with van der Waals surface area (Å²) in [5.41, 5.74) is 1.48. The highest BCUT2D eigenvalue weighted by atomic mass is 16.5. The molecule has 4 nitrogen and oxygen atoms in total. The Morgan fingerprint density at radius 1 is 1.10 bits per heavy atom. The van der Waals surface area contributed by atoms with Crippen LogP contribution in [0.2, 0.25) is 0 Å². The lowest BCUT2D eigenvalue weighted by Gasteiger charge is -2.16. The number of rotatable bonds is 2. The fraction of sp³-hybridized carbons (Fsp3) is 0.294. The van der Waals surface area contributed by atoms with Crippen LogP contribution in [0.1, 0.15) is 30.7 Å². The molecule has 2 atom stereocenters. The zero-order chi connectivity index (χ0) is 14.7. The molecule has 0 spiro atoms. The van der Waals surface area contributed by atoms with Crippen LogP contribution in [0.15, 0.2) is 59.7 Å². The smallest absolute Gasteiger partial charge is 0.251 e. The number of amides is 1. The number of carbonyl (C=O) groups excluding carboxylic acids is 1. The molecule has 1 amide bonds. The predicted molar refractivity (Wildman–Crippen MR) is 78.7 cm³/mol. The second kappa shape index (κ2) is 5.95. The number of nitrogens with zero attached hydrogens (tertiary/aromatic N) is 2. The van der Waals surface area contributed by atoms with Gasteiger partial charge in [0.05, 0.1) is 0 Å². The molecule has 2 unspecified atom stereocenters. The van der Waals surface area contributed by atoms with Gasteiger partial charge in [0, 0.05) is 12.1 Å². The van der Waals surface area contributed by atoms with Gasteiger partial charge in [0.25, 0.3) is 5.91 Å². The van der Waals surface area contributed by atoms with Gasteiger partial charge in [0.1, 0.15) is 0 Å². The van der Waals surface area contributed by atoms with Crippen LogP contribution in [0.5, 0.6) is 0 Å². The Bertz CT molecular complexity index is 691. The highest BCUT2D eigenvalue weighted by Gasteiger charge is 2.33. The van der Waals surface area contributed by atoms with E-state index in [1.165, 1.54) is 11.8 Å². The Kier molecular flexibility index (Phi) is 3.86. The van der Waals surface area contributed by atoms with Gasteiger partial charge >= 0.3 is 0 Å². The second-order valence-electron chi connectivity index (χ2n) is 5.41. The summed E-state index contributed by atoms with van der Waals surface area (Å²) in [6.45, 7) is 0. The van der Waals surface area contributed by atoms with Crippen LogP contribution in [0, 0.1) is 5.92 Å². The van der Waals surface area contributed by atoms with E-state index in [-0.39, 0.29) is 23.2 Å². The quantitative estimate of drug-likeness (QED) is 0.861. The number of pyridine rings is 1. The first-order valence-corrected chi connectivity index (χ1v) is 7.26. The molecule has 0 aliphatic heterocycles. The Morgan fingerprint density at radius 2 is 1.86 bits per heavy atom. The van der Waals surface area contributed by atoms with E-state index >= 15 is 0 Å². The van der Waals surface area contributed by atoms with Crippen molar-refractivity contribution >= 4 is 5.91 Å². The summed E-state index contributed by atoms with van der Waals surface area (Å²) < 4.78 is 0.879. The van der Waals surface area contributed by atoms with Crippen LogP contribution in [0.3, 0.4) is 0 Å². The largest absolute Gasteiger partial charge is 0.427 e. The van der Waals surface area contributed by atoms with Gasteiger partial charge in [-0.1, -0.05) is 42.8 Å². The Morgan fingerprint density at radius 3 is 2.62 bits per heavy atom. The summed E-state index contributed by atoms with van der Waals surface area (Å²) in [5.74, 6) is 0.00117. The third-order valence-corrected chi connectivity index (χ3v) is 4.10. The van der Waals surface area contributed by atoms with Crippen molar-refractivity contribution < 1.29 is 10.0 Å². The summed E-state index contributed by atoms with van der Waals surface area (Å²) in [6.07, 6.45) is 4.39. The van der Waals surface area contributed by atoms with Crippen LogP contribution < -0.4 is 5.49 Å². The molecular formula is C17H18N2O2. The molecule has 3 rings (SSSR count). The average molecular weight is 282 g/mol. The zero-order valence-electron chi connectivity index (χ0n) is 11.7. The minimum atomic E-state index is -0.143. The topological polar surface area (TPSA) is 54.6 Å². The molecule has 0 radical (unpaired) electrons. The van der Waals surface area contributed by atoms with Gasteiger partial charge in [-0.3, -0.25) is 4.79 Å². The van der Waals surface area contributed by atoms with E-state index in [0.29, 0.717) is 0 Å². The molecule has 4 heteroatoms. The zero-order valence-corrected chi connectivity index (χ0v) is 11.7. The summed E-state index contributed by atoms with van der Waals surface area (Å²) >= 11 is 0. The lowest BCUT2D eigenvalue weighted by Crippen LogP contribution is -2.23. The Labute approximate surface area is 123 Å². The molecule has 2 aromatic rings. The van der Waals surface area contributed by atoms with Crippen molar-refractivity contribution in [2.75, 3.05) is 0 Å². The molecule has 1 aromatic heterocycles. The SMILES string of the molecule is O=C(N=c1ccccn1O)C1CCCC1c1ccccc1. The number of aromatic nitrogens is 1. The van der Waals surface area contributed by atoms with Gasteiger partial charge in [0.15, 0.2) is 5.49 Å². The van der Waals surface area contributed by atoms with Crippen LogP contribution in [-0.4, -0.2) is 15.8 Å². The summed E-state index contributed by atoms with van der Waals surface area (Å²) in [6, 6.07) is 15.2. The highest BCUT2D eigenvalue weighted by molar-refractivity contribution is 5.80. The number of benzene rings is 1. The van der Waals surface area contributed by atoms with Gasteiger partial charge in [-0.25, -0.2) is 0 Å². The van der Waals surface area contributed by atoms with E-state index in [9.17, 15) is 10.0 Å². The van der Waals surface area contributed by atoms with Gasteiger partial charge in [-0.2, -0.15) is 9.72 Å². The number of hydrogen-bond acceptors (Lipinski definition) is 2. The van der Waals surface area contributed by atoms with Crippen molar-refractivity contribution in [3.8, 4) is 0 Å². The van der Waals surface area contributed by atoms with Crippen molar-refractivity contribution in [3.05, 3.63) is 65.8 Å². The molecule has 21 heavy (non-hydrogen) atoms. The molecule has 0 bridgehead atoms. The lowest BCUT2D eigenvalue weighted by atomic mass is 9.88. The van der Waals surface area contributed by atoms with E-state index in [1.54, 1.807) is 18.2 Å². The molecule has 1 aromatic carbocycles. The Balaban J connectivity index is 1.88. The third-order valence-electron chi connectivity index (χ3n) is 4.10. The number of hydrogen-bond donors (Lipinski definition) is 1. The second-order valence-corrected chi connectivity index (χ2v) is 5.41. The highest BCUT2D eigenvalue weighted by Crippen LogP contribution is 2.40. The summed E-state index contributed by atoms with van der Waals surface area (Å²) in [5, 5.41) is 9.66. The van der Waals surface area contributed by atoms with Gasteiger partial charge in [0.2, 0.25) is 0 Å². The first kappa shape index (κ1) is 13.6. The van der Waals surface area contributed by atoms with Crippen molar-refractivity contribution in [3.63, 3.8) is 0 Å². The maximum Gasteiger partial charge on any atom is 0.251 e. The molecule has 1 aliphatic carbocycles. The van der Waals surface area contributed by atoms with Crippen molar-refractivity contribution in [2.45, 2.75) is 25.2 Å². The predicted octanol–water partition coefficient (Wildman–Crippen LogP) is 2.74. The maximum atomic E-state index is 12.5. The van der Waals surface area contributed by atoms with E-state index in [1.807, 2.05) is 18.2 Å². The molecule has 1 saturated carbocycles. The molecular weight excluding hydrogens is 264 g/mol. The third kappa shape index (κ3) is 2.89. The van der Waals surface area contributed by atoms with Crippen molar-refractivity contribution in [1.82, 2.24) is 4.73 Å². The lowest BCUT2D eigenvalue weighted by molar-refractivity contribution is -0.122. The van der Waals surface area contributed by atoms with E-state index in [0.717, 1.165) is 24.0 Å². The van der Waals surface area contributed by atoms with E-state index < -0.39 is 0 Å². The van der Waals surface area contributed by atoms with E-state index in [2.05, 4.69) is 17.1 Å². The standard InChI is InChI=1S/C17H18N2O2/c20-17(18-16-11-4-5-12-19(16)21)15-10-6-9-14(15)13-7-2-1-3-8-13/h1-5,7-8,11-12,14-15,21H,6,9-10H2. The average Bonchev–Trinajstić information content (AvgIpc) is 3.00. The fourth-order valence-electron chi connectivity index (χ4n) is 3.06. The maximum absolute atomic E-state index is 12.5. The summed E-state index contributed by atoms with van der Waals surface area (Å²) in [4.78, 5) is 16.5. The van der Waals surface area contributed by atoms with Crippen LogP contribution in [0.4, 0.5) is 0 Å². The molecule has 0 saturated heterocycles. The van der Waals surface area contributed by atoms with Gasteiger partial charge < -0.3 is 5.21 Å². The molecule has 1 heterocycles. The van der Waals surface area contributed by atoms with Crippen LogP contribution in [0.25, 0.3) is 0 Å². The Hall–Kier alpha value is -2.36. The van der Waals surface area contributed by atoms with Crippen molar-refractivity contribution in [2.24, 2.45) is 10.9 Å². The monoisotopic (exact) mass is 282 g/mol. The van der Waals surface area contributed by atoms with Gasteiger partial charge in [-0.05, 0) is 36.5 Å².